The number of rotatable bonds is 5. The van der Waals surface area contributed by atoms with Gasteiger partial charge in [-0.1, -0.05) is 11.8 Å². The number of hydrogen-bond donors (Lipinski definition) is 2. The molecule has 0 radical (unpaired) electrons. The van der Waals surface area contributed by atoms with E-state index in [4.69, 9.17) is 4.42 Å². The van der Waals surface area contributed by atoms with Crippen molar-refractivity contribution < 1.29 is 14.3 Å². The van der Waals surface area contributed by atoms with Gasteiger partial charge in [-0.3, -0.25) is 4.79 Å². The lowest BCUT2D eigenvalue weighted by atomic mass is 9.70. The van der Waals surface area contributed by atoms with Crippen molar-refractivity contribution in [1.82, 2.24) is 20.2 Å². The fourth-order valence-corrected chi connectivity index (χ4v) is 4.71. The van der Waals surface area contributed by atoms with E-state index in [0.717, 1.165) is 31.6 Å². The minimum absolute atomic E-state index is 0. The molecule has 28 heavy (non-hydrogen) atoms. The van der Waals surface area contributed by atoms with Gasteiger partial charge in [0.1, 0.15) is 5.76 Å². The fraction of sp³-hybridized carbons (Fsp3) is 0.526. The number of aromatic nitrogens is 2. The fourth-order valence-electron chi connectivity index (χ4n) is 4.01. The van der Waals surface area contributed by atoms with E-state index >= 15 is 0 Å². The quantitative estimate of drug-likeness (QED) is 0.562. The summed E-state index contributed by atoms with van der Waals surface area (Å²) < 4.78 is 5.77. The molecule has 2 saturated heterocycles. The van der Waals surface area contributed by atoms with Crippen molar-refractivity contribution in [2.24, 2.45) is 5.41 Å². The SMILES string of the molecule is Cl.O=C(c1ccc(CSc2ncccn2)o1)N1CC[C@@]2(CO)CCCN[C@@H]2C1. The Morgan fingerprint density at radius 2 is 2.18 bits per heavy atom. The molecule has 0 bridgehead atoms. The number of carbonyl (C=O) groups excluding carboxylic acids is 1. The van der Waals surface area contributed by atoms with Crippen LogP contribution in [0.2, 0.25) is 0 Å². The summed E-state index contributed by atoms with van der Waals surface area (Å²) >= 11 is 1.47. The number of nitrogens with one attached hydrogen (secondary N) is 1. The number of furan rings is 1. The van der Waals surface area contributed by atoms with Gasteiger partial charge in [-0.2, -0.15) is 0 Å². The van der Waals surface area contributed by atoms with Crippen molar-refractivity contribution in [1.29, 1.82) is 0 Å². The topological polar surface area (TPSA) is 91.5 Å². The van der Waals surface area contributed by atoms with Crippen LogP contribution in [0, 0.1) is 5.41 Å². The zero-order chi connectivity index (χ0) is 18.7. The Kier molecular flexibility index (Phi) is 6.98. The summed E-state index contributed by atoms with van der Waals surface area (Å²) in [4.78, 5) is 23.0. The Bertz CT molecular complexity index is 790. The minimum Gasteiger partial charge on any atom is -0.455 e. The molecule has 1 amide bonds. The summed E-state index contributed by atoms with van der Waals surface area (Å²) in [5.41, 5.74) is -0.0876. The van der Waals surface area contributed by atoms with Crippen LogP contribution in [0.25, 0.3) is 0 Å². The van der Waals surface area contributed by atoms with Gasteiger partial charge in [0, 0.05) is 36.9 Å². The van der Waals surface area contributed by atoms with E-state index in [1.54, 1.807) is 24.5 Å². The average Bonchev–Trinajstić information content (AvgIpc) is 3.21. The zero-order valence-electron chi connectivity index (χ0n) is 15.5. The molecule has 2 atom stereocenters. The van der Waals surface area contributed by atoms with Crippen LogP contribution < -0.4 is 5.32 Å². The van der Waals surface area contributed by atoms with Crippen molar-refractivity contribution in [3.8, 4) is 0 Å². The number of fused-ring (bicyclic) bond motifs is 1. The summed E-state index contributed by atoms with van der Waals surface area (Å²) in [5, 5.41) is 14.1. The summed E-state index contributed by atoms with van der Waals surface area (Å²) in [6, 6.07) is 5.50. The molecule has 2 aromatic rings. The van der Waals surface area contributed by atoms with E-state index in [1.165, 1.54) is 11.8 Å². The van der Waals surface area contributed by atoms with E-state index in [0.29, 0.717) is 29.8 Å². The Morgan fingerprint density at radius 3 is 2.96 bits per heavy atom. The smallest absolute Gasteiger partial charge is 0.289 e. The molecular formula is C19H25ClN4O3S. The highest BCUT2D eigenvalue weighted by Gasteiger charge is 2.45. The molecule has 9 heteroatoms. The summed E-state index contributed by atoms with van der Waals surface area (Å²) in [6.07, 6.45) is 6.33. The maximum Gasteiger partial charge on any atom is 0.289 e. The van der Waals surface area contributed by atoms with E-state index < -0.39 is 0 Å². The molecule has 2 aromatic heterocycles. The maximum absolute atomic E-state index is 12.9. The number of nitrogens with zero attached hydrogens (tertiary/aromatic N) is 3. The van der Waals surface area contributed by atoms with Crippen LogP contribution in [0.5, 0.6) is 0 Å². The first kappa shape index (κ1) is 21.1. The number of aliphatic hydroxyl groups excluding tert-OH is 1. The van der Waals surface area contributed by atoms with Crippen LogP contribution in [0.4, 0.5) is 0 Å². The molecule has 2 aliphatic heterocycles. The maximum atomic E-state index is 12.9. The molecular weight excluding hydrogens is 400 g/mol. The van der Waals surface area contributed by atoms with Crippen molar-refractivity contribution in [3.63, 3.8) is 0 Å². The highest BCUT2D eigenvalue weighted by atomic mass is 35.5. The van der Waals surface area contributed by atoms with Gasteiger partial charge in [-0.25, -0.2) is 9.97 Å². The molecule has 2 fully saturated rings. The lowest BCUT2D eigenvalue weighted by Gasteiger charge is -2.50. The standard InChI is InChI=1S/C19H24N4O3S.ClH/c24-13-19-5-1-7-20-16(19)11-23(10-6-19)17(25)15-4-3-14(26-15)12-27-18-21-8-2-9-22-18;/h2-4,8-9,16,20,24H,1,5-7,10-13H2;1H/t16-,19-;/m1./s1. The van der Waals surface area contributed by atoms with Crippen molar-refractivity contribution >= 4 is 30.1 Å². The van der Waals surface area contributed by atoms with Gasteiger partial charge in [0.2, 0.25) is 0 Å². The Balaban J connectivity index is 0.00000225. The van der Waals surface area contributed by atoms with E-state index in [1.807, 2.05) is 11.0 Å². The Morgan fingerprint density at radius 1 is 1.36 bits per heavy atom. The Labute approximate surface area is 174 Å². The van der Waals surface area contributed by atoms with Gasteiger partial charge in [0.05, 0.1) is 12.4 Å². The molecule has 0 unspecified atom stereocenters. The van der Waals surface area contributed by atoms with E-state index in [9.17, 15) is 9.90 Å². The predicted molar refractivity (Wildman–Crippen MR) is 109 cm³/mol. The third kappa shape index (κ3) is 4.35. The van der Waals surface area contributed by atoms with Gasteiger partial charge in [-0.15, -0.1) is 12.4 Å². The Hall–Kier alpha value is -1.61. The summed E-state index contributed by atoms with van der Waals surface area (Å²) in [5.74, 6) is 1.59. The van der Waals surface area contributed by atoms with Gasteiger partial charge in [-0.05, 0) is 44.0 Å². The number of likely N-dealkylation sites (tertiary alicyclic amines) is 1. The van der Waals surface area contributed by atoms with Crippen LogP contribution in [0.1, 0.15) is 35.6 Å². The van der Waals surface area contributed by atoms with Crippen molar-refractivity contribution in [2.75, 3.05) is 26.2 Å². The van der Waals surface area contributed by atoms with Crippen LogP contribution in [0.3, 0.4) is 0 Å². The normalized spacial score (nSPS) is 24.3. The molecule has 0 spiro atoms. The average molecular weight is 425 g/mol. The zero-order valence-corrected chi connectivity index (χ0v) is 17.2. The minimum atomic E-state index is -0.0876. The molecule has 2 aliphatic rings. The summed E-state index contributed by atoms with van der Waals surface area (Å²) in [7, 11) is 0. The molecule has 0 aliphatic carbocycles. The molecule has 7 nitrogen and oxygen atoms in total. The molecule has 152 valence electrons. The third-order valence-corrected chi connectivity index (χ3v) is 6.52. The second-order valence-electron chi connectivity index (χ2n) is 7.22. The third-order valence-electron chi connectivity index (χ3n) is 5.62. The molecule has 0 aromatic carbocycles. The van der Waals surface area contributed by atoms with Gasteiger partial charge < -0.3 is 19.7 Å². The largest absolute Gasteiger partial charge is 0.455 e. The van der Waals surface area contributed by atoms with Crippen molar-refractivity contribution in [2.45, 2.75) is 36.2 Å². The van der Waals surface area contributed by atoms with E-state index in [-0.39, 0.29) is 36.4 Å². The molecule has 0 saturated carbocycles. The second kappa shape index (κ2) is 9.26. The highest BCUT2D eigenvalue weighted by molar-refractivity contribution is 7.98. The number of hydrogen-bond acceptors (Lipinski definition) is 7. The highest BCUT2D eigenvalue weighted by Crippen LogP contribution is 2.38. The number of thioether (sulfide) groups is 1. The number of aliphatic hydroxyl groups is 1. The first-order valence-corrected chi connectivity index (χ1v) is 10.3. The monoisotopic (exact) mass is 424 g/mol. The van der Waals surface area contributed by atoms with Crippen LogP contribution in [-0.2, 0) is 5.75 Å². The van der Waals surface area contributed by atoms with Crippen molar-refractivity contribution in [3.05, 3.63) is 42.1 Å². The van der Waals surface area contributed by atoms with Crippen LogP contribution in [0.15, 0.2) is 40.2 Å². The van der Waals surface area contributed by atoms with Gasteiger partial charge in [0.25, 0.3) is 5.91 Å². The van der Waals surface area contributed by atoms with Crippen LogP contribution >= 0.6 is 24.2 Å². The second-order valence-corrected chi connectivity index (χ2v) is 8.16. The first-order chi connectivity index (χ1) is 13.2. The first-order valence-electron chi connectivity index (χ1n) is 9.32. The molecule has 4 heterocycles. The lowest BCUT2D eigenvalue weighted by Crippen LogP contribution is -2.62. The predicted octanol–water partition coefficient (Wildman–Crippen LogP) is 2.36. The number of carbonyl (C=O) groups is 1. The van der Waals surface area contributed by atoms with E-state index in [2.05, 4.69) is 15.3 Å². The van der Waals surface area contributed by atoms with Gasteiger partial charge in [0.15, 0.2) is 10.9 Å². The number of piperidine rings is 2. The molecule has 4 rings (SSSR count). The lowest BCUT2D eigenvalue weighted by molar-refractivity contribution is -0.00971. The van der Waals surface area contributed by atoms with Gasteiger partial charge >= 0.3 is 0 Å². The number of amides is 1. The number of halogens is 1. The van der Waals surface area contributed by atoms with Crippen LogP contribution in [-0.4, -0.2) is 58.2 Å². The summed E-state index contributed by atoms with van der Waals surface area (Å²) in [6.45, 7) is 2.39. The molecule has 2 N–H and O–H groups in total.